The molecule has 0 spiro atoms. The van der Waals surface area contributed by atoms with Crippen LogP contribution in [0.2, 0.25) is 0 Å². The molecular weight excluding hydrogens is 514 g/mol. The molecule has 0 unspecified atom stereocenters. The van der Waals surface area contributed by atoms with Gasteiger partial charge in [-0.3, -0.25) is 10.2 Å². The summed E-state index contributed by atoms with van der Waals surface area (Å²) in [5.74, 6) is -4.30. The summed E-state index contributed by atoms with van der Waals surface area (Å²) in [6, 6.07) is 10.7. The van der Waals surface area contributed by atoms with E-state index in [0.717, 1.165) is 12.1 Å². The predicted octanol–water partition coefficient (Wildman–Crippen LogP) is 3.86. The van der Waals surface area contributed by atoms with E-state index >= 15 is 0 Å². The molecule has 0 aliphatic carbocycles. The van der Waals surface area contributed by atoms with Gasteiger partial charge >= 0.3 is 5.97 Å². The standard InChI is InChI=1S/C27H28F2N4O6/c1-14(2)39-23-8-15(12-34)7-17(25(23)38-13-24(35)36)11-32-22-10-21(29)20(28)9-19(22)27(37)33-18-5-3-16(4-6-18)26(30)31/h3-10,14,32,34H,11-13H2,1-2H3,(H3,30,31)(H,33,37)(H,35,36). The van der Waals surface area contributed by atoms with Crippen molar-refractivity contribution in [3.63, 3.8) is 0 Å². The van der Waals surface area contributed by atoms with Gasteiger partial charge in [-0.05, 0) is 61.9 Å². The predicted molar refractivity (Wildman–Crippen MR) is 140 cm³/mol. The van der Waals surface area contributed by atoms with E-state index in [-0.39, 0.29) is 47.8 Å². The van der Waals surface area contributed by atoms with Gasteiger partial charge in [-0.2, -0.15) is 0 Å². The Kier molecular flexibility index (Phi) is 9.39. The summed E-state index contributed by atoms with van der Waals surface area (Å²) < 4.78 is 39.5. The minimum Gasteiger partial charge on any atom is -0.487 e. The Hall–Kier alpha value is -4.71. The Balaban J connectivity index is 1.94. The Labute approximate surface area is 222 Å². The third-order valence-corrected chi connectivity index (χ3v) is 5.30. The molecule has 10 nitrogen and oxygen atoms in total. The zero-order valence-electron chi connectivity index (χ0n) is 21.2. The smallest absolute Gasteiger partial charge is 0.341 e. The highest BCUT2D eigenvalue weighted by atomic mass is 19.2. The number of aliphatic hydroxyl groups is 1. The van der Waals surface area contributed by atoms with Crippen molar-refractivity contribution in [2.45, 2.75) is 33.1 Å². The van der Waals surface area contributed by atoms with E-state index < -0.39 is 30.1 Å². The number of carboxylic acids is 1. The van der Waals surface area contributed by atoms with Crippen molar-refractivity contribution in [2.24, 2.45) is 5.73 Å². The molecule has 206 valence electrons. The first-order valence-corrected chi connectivity index (χ1v) is 11.7. The van der Waals surface area contributed by atoms with Gasteiger partial charge < -0.3 is 36.1 Å². The molecular formula is C27H28F2N4O6. The first kappa shape index (κ1) is 28.9. The molecule has 0 saturated heterocycles. The first-order valence-electron chi connectivity index (χ1n) is 11.7. The highest BCUT2D eigenvalue weighted by Gasteiger charge is 2.20. The third kappa shape index (κ3) is 7.65. The highest BCUT2D eigenvalue weighted by molar-refractivity contribution is 6.08. The zero-order chi connectivity index (χ0) is 28.7. The molecule has 0 radical (unpaired) electrons. The van der Waals surface area contributed by atoms with E-state index in [4.69, 9.17) is 25.7 Å². The van der Waals surface area contributed by atoms with E-state index in [1.165, 1.54) is 36.4 Å². The normalized spacial score (nSPS) is 10.7. The van der Waals surface area contributed by atoms with Crippen molar-refractivity contribution in [1.29, 1.82) is 5.41 Å². The molecule has 7 N–H and O–H groups in total. The summed E-state index contributed by atoms with van der Waals surface area (Å²) in [5.41, 5.74) is 6.71. The monoisotopic (exact) mass is 542 g/mol. The van der Waals surface area contributed by atoms with Crippen LogP contribution in [0.25, 0.3) is 0 Å². The summed E-state index contributed by atoms with van der Waals surface area (Å²) in [5, 5.41) is 31.7. The van der Waals surface area contributed by atoms with Crippen LogP contribution in [0.1, 0.15) is 40.9 Å². The molecule has 0 aliphatic rings. The lowest BCUT2D eigenvalue weighted by Crippen LogP contribution is -2.17. The number of nitrogen functional groups attached to an aromatic ring is 1. The fourth-order valence-corrected chi connectivity index (χ4v) is 3.59. The number of anilines is 2. The van der Waals surface area contributed by atoms with Gasteiger partial charge in [0.25, 0.3) is 5.91 Å². The molecule has 0 aliphatic heterocycles. The van der Waals surface area contributed by atoms with Crippen molar-refractivity contribution in [1.82, 2.24) is 0 Å². The number of benzene rings is 3. The lowest BCUT2D eigenvalue weighted by molar-refractivity contribution is -0.139. The first-order chi connectivity index (χ1) is 18.5. The van der Waals surface area contributed by atoms with Crippen molar-refractivity contribution >= 4 is 29.1 Å². The number of amidine groups is 1. The molecule has 3 aromatic rings. The Bertz CT molecular complexity index is 1380. The van der Waals surface area contributed by atoms with Crippen molar-refractivity contribution < 1.29 is 38.1 Å². The average molecular weight is 543 g/mol. The lowest BCUT2D eigenvalue weighted by Gasteiger charge is -2.20. The molecule has 3 rings (SSSR count). The second-order valence-corrected chi connectivity index (χ2v) is 8.70. The third-order valence-electron chi connectivity index (χ3n) is 5.30. The number of nitrogens with one attached hydrogen (secondary N) is 3. The molecule has 0 aromatic heterocycles. The SMILES string of the molecule is CC(C)Oc1cc(CO)cc(CNc2cc(F)c(F)cc2C(=O)Nc2ccc(C(=N)N)cc2)c1OCC(=O)O. The van der Waals surface area contributed by atoms with E-state index in [0.29, 0.717) is 22.4 Å². The second kappa shape index (κ2) is 12.7. The number of carbonyl (C=O) groups excluding carboxylic acids is 1. The number of halogens is 2. The van der Waals surface area contributed by atoms with Gasteiger partial charge in [0.1, 0.15) is 5.84 Å². The van der Waals surface area contributed by atoms with Gasteiger partial charge in [0, 0.05) is 29.4 Å². The number of aliphatic carboxylic acids is 1. The zero-order valence-corrected chi connectivity index (χ0v) is 21.2. The largest absolute Gasteiger partial charge is 0.487 e. The number of carboxylic acid groups (broad SMARTS) is 1. The van der Waals surface area contributed by atoms with Crippen LogP contribution in [0.5, 0.6) is 11.5 Å². The Morgan fingerprint density at radius 1 is 1.08 bits per heavy atom. The highest BCUT2D eigenvalue weighted by Crippen LogP contribution is 2.35. The summed E-state index contributed by atoms with van der Waals surface area (Å²) in [6.07, 6.45) is -0.307. The number of hydrogen-bond acceptors (Lipinski definition) is 7. The maximum atomic E-state index is 14.2. The molecule has 3 aromatic carbocycles. The van der Waals surface area contributed by atoms with E-state index in [1.807, 2.05) is 0 Å². The molecule has 39 heavy (non-hydrogen) atoms. The Morgan fingerprint density at radius 2 is 1.74 bits per heavy atom. The number of hydrogen-bond donors (Lipinski definition) is 6. The average Bonchev–Trinajstić information content (AvgIpc) is 2.87. The molecule has 0 atom stereocenters. The Morgan fingerprint density at radius 3 is 2.33 bits per heavy atom. The number of amides is 1. The number of rotatable bonds is 12. The number of carbonyl (C=O) groups is 2. The van der Waals surface area contributed by atoms with Crippen LogP contribution in [-0.2, 0) is 17.9 Å². The quantitative estimate of drug-likeness (QED) is 0.148. The van der Waals surface area contributed by atoms with E-state index in [9.17, 15) is 23.5 Å². The second-order valence-electron chi connectivity index (χ2n) is 8.70. The summed E-state index contributed by atoms with van der Waals surface area (Å²) in [4.78, 5) is 24.1. The molecule has 1 amide bonds. The summed E-state index contributed by atoms with van der Waals surface area (Å²) in [6.45, 7) is 2.34. The number of nitrogens with two attached hydrogens (primary N) is 1. The maximum absolute atomic E-state index is 14.2. The van der Waals surface area contributed by atoms with Gasteiger partial charge in [0.2, 0.25) is 0 Å². The van der Waals surface area contributed by atoms with Crippen molar-refractivity contribution in [2.75, 3.05) is 17.2 Å². The molecule has 0 saturated carbocycles. The fourth-order valence-electron chi connectivity index (χ4n) is 3.59. The van der Waals surface area contributed by atoms with Gasteiger partial charge in [-0.15, -0.1) is 0 Å². The topological polar surface area (TPSA) is 167 Å². The van der Waals surface area contributed by atoms with Crippen LogP contribution < -0.4 is 25.8 Å². The van der Waals surface area contributed by atoms with Gasteiger partial charge in [0.15, 0.2) is 29.7 Å². The van der Waals surface area contributed by atoms with E-state index in [1.54, 1.807) is 13.8 Å². The maximum Gasteiger partial charge on any atom is 0.341 e. The summed E-state index contributed by atoms with van der Waals surface area (Å²) >= 11 is 0. The summed E-state index contributed by atoms with van der Waals surface area (Å²) in [7, 11) is 0. The van der Waals surface area contributed by atoms with Crippen LogP contribution in [0.15, 0.2) is 48.5 Å². The number of aliphatic hydroxyl groups excluding tert-OH is 1. The minimum absolute atomic E-state index is 0.0586. The lowest BCUT2D eigenvalue weighted by atomic mass is 10.1. The van der Waals surface area contributed by atoms with Gasteiger partial charge in [-0.1, -0.05) is 0 Å². The van der Waals surface area contributed by atoms with Gasteiger partial charge in [0.05, 0.1) is 24.0 Å². The van der Waals surface area contributed by atoms with Crippen LogP contribution in [0.3, 0.4) is 0 Å². The molecule has 0 fully saturated rings. The molecule has 0 heterocycles. The molecule has 12 heteroatoms. The van der Waals surface area contributed by atoms with Crippen LogP contribution in [0.4, 0.5) is 20.2 Å². The van der Waals surface area contributed by atoms with Crippen LogP contribution >= 0.6 is 0 Å². The van der Waals surface area contributed by atoms with Gasteiger partial charge in [-0.25, -0.2) is 13.6 Å². The van der Waals surface area contributed by atoms with Crippen molar-refractivity contribution in [3.05, 3.63) is 82.4 Å². The van der Waals surface area contributed by atoms with Crippen LogP contribution in [0, 0.1) is 17.0 Å². The molecule has 0 bridgehead atoms. The van der Waals surface area contributed by atoms with Crippen LogP contribution in [-0.4, -0.2) is 40.6 Å². The number of ether oxygens (including phenoxy) is 2. The minimum atomic E-state index is -1.24. The van der Waals surface area contributed by atoms with Crippen molar-refractivity contribution in [3.8, 4) is 11.5 Å². The van der Waals surface area contributed by atoms with E-state index in [2.05, 4.69) is 10.6 Å². The fraction of sp³-hybridized carbons (Fsp3) is 0.222.